The van der Waals surface area contributed by atoms with Gasteiger partial charge in [-0.25, -0.2) is 0 Å². The highest BCUT2D eigenvalue weighted by molar-refractivity contribution is 9.10. The Labute approximate surface area is 155 Å². The molecule has 0 aliphatic carbocycles. The van der Waals surface area contributed by atoms with E-state index in [1.54, 1.807) is 0 Å². The molecule has 0 unspecified atom stereocenters. The molecule has 2 aromatic carbocycles. The lowest BCUT2D eigenvalue weighted by molar-refractivity contribution is 0.273. The van der Waals surface area contributed by atoms with Crippen LogP contribution in [0.15, 0.2) is 53.0 Å². The number of hydrogen-bond donors (Lipinski definition) is 0. The van der Waals surface area contributed by atoms with Crippen LogP contribution in [-0.4, -0.2) is 8.32 Å². The molecule has 24 heavy (non-hydrogen) atoms. The van der Waals surface area contributed by atoms with Crippen LogP contribution in [0.3, 0.4) is 0 Å². The average Bonchev–Trinajstić information content (AvgIpc) is 2.51. The van der Waals surface area contributed by atoms with Crippen LogP contribution in [0.1, 0.15) is 31.9 Å². The van der Waals surface area contributed by atoms with Gasteiger partial charge in [0.25, 0.3) is 0 Å². The summed E-state index contributed by atoms with van der Waals surface area (Å²) in [5.41, 5.74) is 2.30. The van der Waals surface area contributed by atoms with E-state index < -0.39 is 8.32 Å². The number of ether oxygens (including phenoxy) is 1. The maximum absolute atomic E-state index is 6.32. The second-order valence-corrected chi connectivity index (χ2v) is 13.3. The summed E-state index contributed by atoms with van der Waals surface area (Å²) < 4.78 is 13.3. The molecule has 0 amide bonds. The van der Waals surface area contributed by atoms with Crippen LogP contribution in [0, 0.1) is 0 Å². The Balaban J connectivity index is 2.03. The first kappa shape index (κ1) is 19.2. The molecule has 0 aromatic heterocycles. The zero-order chi connectivity index (χ0) is 17.8. The van der Waals surface area contributed by atoms with Crippen molar-refractivity contribution < 1.29 is 9.16 Å². The van der Waals surface area contributed by atoms with Gasteiger partial charge in [0, 0.05) is 4.47 Å². The Morgan fingerprint density at radius 2 is 1.58 bits per heavy atom. The van der Waals surface area contributed by atoms with Crippen molar-refractivity contribution in [1.82, 2.24) is 0 Å². The van der Waals surface area contributed by atoms with Crippen LogP contribution in [-0.2, 0) is 17.6 Å². The summed E-state index contributed by atoms with van der Waals surface area (Å²) in [6.07, 6.45) is 0. The molecule has 0 saturated carbocycles. The van der Waals surface area contributed by atoms with Crippen molar-refractivity contribution in [3.05, 3.63) is 64.1 Å². The van der Waals surface area contributed by atoms with Crippen LogP contribution in [0.4, 0.5) is 0 Å². The molecule has 4 heteroatoms. The fraction of sp³-hybridized carbons (Fsp3) is 0.400. The molecular formula is C20H27BrO2Si. The Morgan fingerprint density at radius 3 is 2.21 bits per heavy atom. The predicted octanol–water partition coefficient (Wildman–Crippen LogP) is 6.55. The van der Waals surface area contributed by atoms with Gasteiger partial charge in [-0.1, -0.05) is 67.0 Å². The minimum atomic E-state index is -1.75. The number of halogens is 1. The van der Waals surface area contributed by atoms with Crippen LogP contribution in [0.5, 0.6) is 5.75 Å². The van der Waals surface area contributed by atoms with Crippen LogP contribution in [0.2, 0.25) is 18.1 Å². The third-order valence-corrected chi connectivity index (χ3v) is 9.52. The highest BCUT2D eigenvalue weighted by Gasteiger charge is 2.37. The zero-order valence-corrected chi connectivity index (χ0v) is 17.8. The van der Waals surface area contributed by atoms with Gasteiger partial charge >= 0.3 is 0 Å². The normalized spacial score (nSPS) is 12.2. The topological polar surface area (TPSA) is 18.5 Å². The molecular weight excluding hydrogens is 380 g/mol. The van der Waals surface area contributed by atoms with E-state index in [9.17, 15) is 0 Å². The van der Waals surface area contributed by atoms with E-state index in [-0.39, 0.29) is 5.04 Å². The monoisotopic (exact) mass is 406 g/mol. The fourth-order valence-corrected chi connectivity index (χ4v) is 3.49. The second kappa shape index (κ2) is 7.85. The van der Waals surface area contributed by atoms with Crippen molar-refractivity contribution in [1.29, 1.82) is 0 Å². The molecule has 2 rings (SSSR count). The first-order valence-electron chi connectivity index (χ1n) is 8.27. The molecule has 2 aromatic rings. The maximum atomic E-state index is 6.32. The molecule has 0 aliphatic rings. The van der Waals surface area contributed by atoms with Gasteiger partial charge in [-0.2, -0.15) is 0 Å². The molecule has 0 spiro atoms. The van der Waals surface area contributed by atoms with E-state index >= 15 is 0 Å². The van der Waals surface area contributed by atoms with Gasteiger partial charge in [-0.3, -0.25) is 0 Å². The van der Waals surface area contributed by atoms with Crippen molar-refractivity contribution in [2.45, 2.75) is 52.1 Å². The number of hydrogen-bond acceptors (Lipinski definition) is 2. The molecule has 130 valence electrons. The van der Waals surface area contributed by atoms with E-state index in [1.807, 2.05) is 24.3 Å². The minimum Gasteiger partial charge on any atom is -0.489 e. The quantitative estimate of drug-likeness (QED) is 0.506. The first-order valence-corrected chi connectivity index (χ1v) is 12.0. The summed E-state index contributed by atoms with van der Waals surface area (Å²) in [5.74, 6) is 0.863. The van der Waals surface area contributed by atoms with Gasteiger partial charge in [-0.05, 0) is 47.5 Å². The van der Waals surface area contributed by atoms with Crippen LogP contribution >= 0.6 is 15.9 Å². The van der Waals surface area contributed by atoms with Gasteiger partial charge in [0.1, 0.15) is 12.4 Å². The van der Waals surface area contributed by atoms with E-state index in [1.165, 1.54) is 0 Å². The molecule has 0 atom stereocenters. The molecule has 0 fully saturated rings. The molecule has 2 nitrogen and oxygen atoms in total. The van der Waals surface area contributed by atoms with Gasteiger partial charge in [0.05, 0.1) is 6.61 Å². The first-order chi connectivity index (χ1) is 11.2. The van der Waals surface area contributed by atoms with Crippen molar-refractivity contribution in [2.75, 3.05) is 0 Å². The van der Waals surface area contributed by atoms with E-state index in [0.717, 1.165) is 21.3 Å². The van der Waals surface area contributed by atoms with Gasteiger partial charge in [0.15, 0.2) is 8.32 Å². The average molecular weight is 407 g/mol. The summed E-state index contributed by atoms with van der Waals surface area (Å²) in [6, 6.07) is 16.4. The Morgan fingerprint density at radius 1 is 0.917 bits per heavy atom. The van der Waals surface area contributed by atoms with E-state index in [0.29, 0.717) is 13.2 Å². The standard InChI is InChI=1S/C20H27BrO2Si/c1-20(2,3)24(4,5)23-15-17-11-18(21)13-19(12-17)22-14-16-9-7-6-8-10-16/h6-13H,14-15H2,1-5H3. The maximum Gasteiger partial charge on any atom is 0.192 e. The summed E-state index contributed by atoms with van der Waals surface area (Å²) in [6.45, 7) is 12.5. The van der Waals surface area contributed by atoms with Crippen LogP contribution in [0.25, 0.3) is 0 Å². The SMILES string of the molecule is CC(C)(C)[Si](C)(C)OCc1cc(Br)cc(OCc2ccccc2)c1. The minimum absolute atomic E-state index is 0.214. The van der Waals surface area contributed by atoms with Crippen LogP contribution < -0.4 is 4.74 Å². The smallest absolute Gasteiger partial charge is 0.192 e. The third-order valence-electron chi connectivity index (χ3n) is 4.59. The lowest BCUT2D eigenvalue weighted by Crippen LogP contribution is -2.40. The Hall–Kier alpha value is -1.10. The largest absolute Gasteiger partial charge is 0.489 e. The van der Waals surface area contributed by atoms with Gasteiger partial charge in [0.2, 0.25) is 0 Å². The molecule has 0 N–H and O–H groups in total. The highest BCUT2D eigenvalue weighted by atomic mass is 79.9. The number of benzene rings is 2. The summed E-state index contributed by atoms with van der Waals surface area (Å²) in [4.78, 5) is 0. The van der Waals surface area contributed by atoms with Gasteiger partial charge < -0.3 is 9.16 Å². The van der Waals surface area contributed by atoms with E-state index in [4.69, 9.17) is 9.16 Å². The summed E-state index contributed by atoms with van der Waals surface area (Å²) in [7, 11) is -1.75. The molecule has 0 radical (unpaired) electrons. The lowest BCUT2D eigenvalue weighted by Gasteiger charge is -2.36. The summed E-state index contributed by atoms with van der Waals surface area (Å²) in [5, 5.41) is 0.214. The predicted molar refractivity (Wildman–Crippen MR) is 107 cm³/mol. The fourth-order valence-electron chi connectivity index (χ4n) is 2.01. The molecule has 0 heterocycles. The van der Waals surface area contributed by atoms with Gasteiger partial charge in [-0.15, -0.1) is 0 Å². The highest BCUT2D eigenvalue weighted by Crippen LogP contribution is 2.37. The summed E-state index contributed by atoms with van der Waals surface area (Å²) >= 11 is 3.57. The van der Waals surface area contributed by atoms with Crippen molar-refractivity contribution in [2.24, 2.45) is 0 Å². The molecule has 0 saturated heterocycles. The molecule has 0 bridgehead atoms. The molecule has 0 aliphatic heterocycles. The second-order valence-electron chi connectivity index (χ2n) is 7.62. The Kier molecular flexibility index (Phi) is 6.29. The van der Waals surface area contributed by atoms with Crippen molar-refractivity contribution in [3.63, 3.8) is 0 Å². The zero-order valence-electron chi connectivity index (χ0n) is 15.2. The van der Waals surface area contributed by atoms with Crippen molar-refractivity contribution >= 4 is 24.2 Å². The van der Waals surface area contributed by atoms with E-state index in [2.05, 4.69) is 74.1 Å². The number of rotatable bonds is 6. The van der Waals surface area contributed by atoms with Crippen molar-refractivity contribution in [3.8, 4) is 5.75 Å². The Bertz CT molecular complexity index is 663. The third kappa shape index (κ3) is 5.47. The lowest BCUT2D eigenvalue weighted by atomic mass is 10.2.